The van der Waals surface area contributed by atoms with Gasteiger partial charge in [0.15, 0.2) is 18.1 Å². The lowest BCUT2D eigenvalue weighted by Gasteiger charge is -2.16. The smallest absolute Gasteiger partial charge is 0.422 e. The van der Waals surface area contributed by atoms with Crippen molar-refractivity contribution in [1.29, 1.82) is 0 Å². The van der Waals surface area contributed by atoms with E-state index in [2.05, 4.69) is 15.7 Å². The molecule has 0 aliphatic heterocycles. The molecule has 0 spiro atoms. The van der Waals surface area contributed by atoms with Crippen LogP contribution < -0.4 is 20.1 Å². The number of methoxy groups -OCH3 is 1. The fraction of sp³-hybridized carbons (Fsp3) is 0.412. The molecule has 0 aliphatic rings. The Hall–Kier alpha value is -2.75. The molecular weight excluding hydrogens is 365 g/mol. The van der Waals surface area contributed by atoms with Crippen LogP contribution in [0, 0.1) is 0 Å². The van der Waals surface area contributed by atoms with E-state index in [9.17, 15) is 18.0 Å². The van der Waals surface area contributed by atoms with E-state index < -0.39 is 18.8 Å². The number of aryl methyl sites for hydroxylation is 1. The lowest BCUT2D eigenvalue weighted by atomic mass is 10.1. The number of carbonyl (C=O) groups excluding carboxylic acids is 1. The lowest BCUT2D eigenvalue weighted by Crippen LogP contribution is -2.35. The average Bonchev–Trinajstić information content (AvgIpc) is 3.04. The van der Waals surface area contributed by atoms with Gasteiger partial charge in [-0.05, 0) is 24.7 Å². The van der Waals surface area contributed by atoms with Crippen molar-refractivity contribution in [1.82, 2.24) is 20.4 Å². The largest absolute Gasteiger partial charge is 0.493 e. The molecule has 1 heterocycles. The molecule has 10 heteroatoms. The summed E-state index contributed by atoms with van der Waals surface area (Å²) in [6.07, 6.45) is -1.11. The maximum atomic E-state index is 12.4. The number of alkyl halides is 3. The zero-order valence-corrected chi connectivity index (χ0v) is 15.1. The molecule has 2 aromatic rings. The minimum absolute atomic E-state index is 0.0200. The predicted molar refractivity (Wildman–Crippen MR) is 91.4 cm³/mol. The Labute approximate surface area is 154 Å². The van der Waals surface area contributed by atoms with Gasteiger partial charge < -0.3 is 20.1 Å². The van der Waals surface area contributed by atoms with E-state index in [1.807, 2.05) is 0 Å². The first-order valence-electron chi connectivity index (χ1n) is 8.03. The van der Waals surface area contributed by atoms with Crippen molar-refractivity contribution in [3.05, 3.63) is 41.7 Å². The zero-order valence-electron chi connectivity index (χ0n) is 15.1. The molecule has 0 saturated carbocycles. The van der Waals surface area contributed by atoms with E-state index in [1.165, 1.54) is 19.2 Å². The number of benzene rings is 1. The third kappa shape index (κ3) is 5.88. The van der Waals surface area contributed by atoms with Crippen molar-refractivity contribution in [2.24, 2.45) is 7.05 Å². The van der Waals surface area contributed by atoms with Crippen LogP contribution in [0.2, 0.25) is 0 Å². The molecule has 1 amide bonds. The molecule has 2 rings (SSSR count). The monoisotopic (exact) mass is 386 g/mol. The van der Waals surface area contributed by atoms with E-state index in [0.29, 0.717) is 11.1 Å². The molecule has 1 aromatic carbocycles. The van der Waals surface area contributed by atoms with Crippen molar-refractivity contribution in [2.75, 3.05) is 20.8 Å². The Kier molecular flexibility index (Phi) is 6.67. The first-order chi connectivity index (χ1) is 12.7. The first kappa shape index (κ1) is 20.6. The Balaban J connectivity index is 2.01. The van der Waals surface area contributed by atoms with E-state index >= 15 is 0 Å². The van der Waals surface area contributed by atoms with Gasteiger partial charge in [0.25, 0.3) is 0 Å². The van der Waals surface area contributed by atoms with Gasteiger partial charge in [-0.15, -0.1) is 0 Å². The molecule has 1 aromatic heterocycles. The van der Waals surface area contributed by atoms with Gasteiger partial charge in [0.2, 0.25) is 5.91 Å². The first-order valence-corrected chi connectivity index (χ1v) is 8.03. The minimum atomic E-state index is -4.44. The van der Waals surface area contributed by atoms with Gasteiger partial charge in [-0.2, -0.15) is 18.3 Å². The lowest BCUT2D eigenvalue weighted by molar-refractivity contribution is -0.153. The summed E-state index contributed by atoms with van der Waals surface area (Å²) in [5.74, 6) is -0.126. The van der Waals surface area contributed by atoms with Gasteiger partial charge in [-0.1, -0.05) is 6.07 Å². The van der Waals surface area contributed by atoms with Crippen LogP contribution in [0.1, 0.15) is 17.2 Å². The van der Waals surface area contributed by atoms with E-state index in [0.717, 1.165) is 0 Å². The number of ether oxygens (including phenoxy) is 2. The number of amides is 1. The molecule has 7 nitrogen and oxygen atoms in total. The number of aromatic nitrogens is 2. The number of likely N-dealkylation sites (N-methyl/N-ethyl adjacent to an activating group) is 1. The number of nitrogens with zero attached hydrogens (tertiary/aromatic N) is 2. The van der Waals surface area contributed by atoms with Gasteiger partial charge in [0.1, 0.15) is 6.04 Å². The van der Waals surface area contributed by atoms with Gasteiger partial charge >= 0.3 is 6.18 Å². The van der Waals surface area contributed by atoms with Crippen LogP contribution in [-0.4, -0.2) is 42.6 Å². The SMILES string of the molecule is CNC(C(=O)NCc1ccc(OCC(F)(F)F)c(OC)c1)c1cnn(C)c1. The van der Waals surface area contributed by atoms with Crippen LogP contribution in [0.3, 0.4) is 0 Å². The summed E-state index contributed by atoms with van der Waals surface area (Å²) in [4.78, 5) is 12.4. The van der Waals surface area contributed by atoms with Gasteiger partial charge in [-0.25, -0.2) is 0 Å². The molecule has 1 atom stereocenters. The molecule has 0 saturated heterocycles. The molecule has 27 heavy (non-hydrogen) atoms. The summed E-state index contributed by atoms with van der Waals surface area (Å²) in [6, 6.07) is 3.88. The summed E-state index contributed by atoms with van der Waals surface area (Å²) in [7, 11) is 4.74. The van der Waals surface area contributed by atoms with Crippen LogP contribution in [0.15, 0.2) is 30.6 Å². The molecule has 148 valence electrons. The van der Waals surface area contributed by atoms with Crippen LogP contribution >= 0.6 is 0 Å². The van der Waals surface area contributed by atoms with Crippen LogP contribution in [0.5, 0.6) is 11.5 Å². The van der Waals surface area contributed by atoms with Crippen LogP contribution in [0.4, 0.5) is 13.2 Å². The van der Waals surface area contributed by atoms with Crippen molar-refractivity contribution in [3.63, 3.8) is 0 Å². The summed E-state index contributed by atoms with van der Waals surface area (Å²) in [5, 5.41) is 9.72. The minimum Gasteiger partial charge on any atom is -0.493 e. The van der Waals surface area contributed by atoms with Crippen molar-refractivity contribution < 1.29 is 27.4 Å². The molecule has 0 bridgehead atoms. The van der Waals surface area contributed by atoms with E-state index in [4.69, 9.17) is 9.47 Å². The highest BCUT2D eigenvalue weighted by Gasteiger charge is 2.29. The summed E-state index contributed by atoms with van der Waals surface area (Å²) >= 11 is 0. The fourth-order valence-corrected chi connectivity index (χ4v) is 2.43. The Morgan fingerprint density at radius 2 is 2.07 bits per heavy atom. The number of hydrogen-bond acceptors (Lipinski definition) is 5. The molecular formula is C17H21F3N4O3. The summed E-state index contributed by atoms with van der Waals surface area (Å²) in [6.45, 7) is -1.23. The highest BCUT2D eigenvalue weighted by Crippen LogP contribution is 2.29. The maximum Gasteiger partial charge on any atom is 0.422 e. The third-order valence-corrected chi connectivity index (χ3v) is 3.70. The highest BCUT2D eigenvalue weighted by molar-refractivity contribution is 5.83. The molecule has 1 unspecified atom stereocenters. The molecule has 0 fully saturated rings. The number of rotatable bonds is 8. The topological polar surface area (TPSA) is 77.4 Å². The van der Waals surface area contributed by atoms with E-state index in [1.54, 1.807) is 37.2 Å². The van der Waals surface area contributed by atoms with Crippen LogP contribution in [-0.2, 0) is 18.4 Å². The second kappa shape index (κ2) is 8.76. The number of halogens is 3. The van der Waals surface area contributed by atoms with Crippen molar-refractivity contribution in [3.8, 4) is 11.5 Å². The normalized spacial score (nSPS) is 12.5. The van der Waals surface area contributed by atoms with Gasteiger partial charge in [-0.3, -0.25) is 9.48 Å². The van der Waals surface area contributed by atoms with Crippen LogP contribution in [0.25, 0.3) is 0 Å². The Morgan fingerprint density at radius 1 is 1.33 bits per heavy atom. The average molecular weight is 386 g/mol. The van der Waals surface area contributed by atoms with Crippen molar-refractivity contribution in [2.45, 2.75) is 18.8 Å². The second-order valence-corrected chi connectivity index (χ2v) is 5.78. The summed E-state index contributed by atoms with van der Waals surface area (Å²) < 4.78 is 48.3. The van der Waals surface area contributed by atoms with Crippen molar-refractivity contribution >= 4 is 5.91 Å². The fourth-order valence-electron chi connectivity index (χ4n) is 2.43. The zero-order chi connectivity index (χ0) is 20.0. The third-order valence-electron chi connectivity index (χ3n) is 3.70. The van der Waals surface area contributed by atoms with Gasteiger partial charge in [0, 0.05) is 25.4 Å². The maximum absolute atomic E-state index is 12.4. The second-order valence-electron chi connectivity index (χ2n) is 5.78. The number of nitrogens with one attached hydrogen (secondary N) is 2. The quantitative estimate of drug-likeness (QED) is 0.725. The van der Waals surface area contributed by atoms with E-state index in [-0.39, 0.29) is 24.0 Å². The molecule has 0 radical (unpaired) electrons. The number of hydrogen-bond donors (Lipinski definition) is 2. The Bertz CT molecular complexity index is 777. The predicted octanol–water partition coefficient (Wildman–Crippen LogP) is 1.95. The molecule has 2 N–H and O–H groups in total. The van der Waals surface area contributed by atoms with Gasteiger partial charge in [0.05, 0.1) is 13.3 Å². The Morgan fingerprint density at radius 3 is 2.63 bits per heavy atom. The molecule has 0 aliphatic carbocycles. The summed E-state index contributed by atoms with van der Waals surface area (Å²) in [5.41, 5.74) is 1.37. The number of carbonyl (C=O) groups is 1. The highest BCUT2D eigenvalue weighted by atomic mass is 19.4. The standard InChI is InChI=1S/C17H21F3N4O3/c1-21-15(12-8-23-24(2)9-12)16(25)22-7-11-4-5-13(14(6-11)26-3)27-10-17(18,19)20/h4-6,8-9,15,21H,7,10H2,1-3H3,(H,22,25).